The van der Waals surface area contributed by atoms with E-state index in [1.54, 1.807) is 20.8 Å². The minimum atomic E-state index is -1.76. The maximum absolute atomic E-state index is 14.1. The molecule has 3 saturated heterocycles. The molecule has 0 amide bonds. The van der Waals surface area contributed by atoms with Crippen molar-refractivity contribution < 1.29 is 45.6 Å². The monoisotopic (exact) mass is 622 g/mol. The van der Waals surface area contributed by atoms with Crippen LogP contribution in [-0.2, 0) is 23.7 Å². The summed E-state index contributed by atoms with van der Waals surface area (Å²) in [7, 11) is 0.500. The van der Waals surface area contributed by atoms with Crippen LogP contribution in [-0.4, -0.2) is 72.1 Å². The van der Waals surface area contributed by atoms with E-state index in [0.29, 0.717) is 20.2 Å². The molecule has 3 unspecified atom stereocenters. The van der Waals surface area contributed by atoms with Crippen molar-refractivity contribution in [1.82, 2.24) is 0 Å². The largest absolute Gasteiger partial charge is 0.361 e. The van der Waals surface area contributed by atoms with Gasteiger partial charge >= 0.3 is 0 Å². The molecule has 0 saturated carbocycles. The van der Waals surface area contributed by atoms with Gasteiger partial charge in [0.05, 0.1) is 42.4 Å². The second-order valence-corrected chi connectivity index (χ2v) is 14.2. The average Bonchev–Trinajstić information content (AvgIpc) is 2.97. The third-order valence-corrected chi connectivity index (χ3v) is 8.46. The molecule has 10 heteroatoms. The summed E-state index contributed by atoms with van der Waals surface area (Å²) in [5.74, 6) is -4.07. The Hall–Kier alpha value is -0.550. The number of rotatable bonds is 2. The van der Waals surface area contributed by atoms with Crippen LogP contribution >= 0.6 is 0 Å². The van der Waals surface area contributed by atoms with E-state index in [1.165, 1.54) is 20.8 Å². The van der Waals surface area contributed by atoms with Crippen LogP contribution in [0.25, 0.3) is 0 Å². The van der Waals surface area contributed by atoms with Gasteiger partial charge in [0.25, 0.3) is 0 Å². The first-order chi connectivity index (χ1) is 18.6. The van der Waals surface area contributed by atoms with Crippen molar-refractivity contribution in [3.63, 3.8) is 0 Å². The SMILES string of the molecule is CC(C)F.CC1(C)OC(C)(C)C(C)(F)OC1(C)C.CC1(CF)OC(C)(C)C(C)(C)O1.CCC1(F)OCCCC1C.CF. The highest BCUT2D eigenvalue weighted by Gasteiger charge is 2.59. The summed E-state index contributed by atoms with van der Waals surface area (Å²) in [6.07, 6.45) is 1.78. The van der Waals surface area contributed by atoms with Crippen LogP contribution in [0.5, 0.6) is 0 Å². The van der Waals surface area contributed by atoms with Gasteiger partial charge in [-0.15, -0.1) is 0 Å². The Morgan fingerprint density at radius 1 is 0.690 bits per heavy atom. The molecular weight excluding hydrogens is 559 g/mol. The zero-order valence-electron chi connectivity index (χ0n) is 29.6. The van der Waals surface area contributed by atoms with Crippen molar-refractivity contribution in [2.45, 2.75) is 182 Å². The van der Waals surface area contributed by atoms with Gasteiger partial charge in [0.1, 0.15) is 12.3 Å². The number of halogens is 5. The topological polar surface area (TPSA) is 46.2 Å². The van der Waals surface area contributed by atoms with E-state index >= 15 is 0 Å². The van der Waals surface area contributed by atoms with E-state index in [-0.39, 0.29) is 5.92 Å². The summed E-state index contributed by atoms with van der Waals surface area (Å²) in [6, 6.07) is 0. The fourth-order valence-electron chi connectivity index (χ4n) is 4.42. The molecule has 3 atom stereocenters. The van der Waals surface area contributed by atoms with E-state index < -0.39 is 58.3 Å². The van der Waals surface area contributed by atoms with Crippen molar-refractivity contribution >= 4 is 0 Å². The third-order valence-electron chi connectivity index (χ3n) is 8.46. The standard InChI is InChI=1S/C11H21FO2.C9H17FO2.C8H15FO.C3H7F.CH3F/c1-8(2)9(3,4)14-11(7,12)10(5,6)13-8;1-7(2)8(3,4)12-9(5,6-10)11-7;1-3-8(9)7(2)5-4-6-10-8;1-3(2)4;1-2/h1-7H3;6H2,1-5H3;7H,3-6H2,1-2H3;3H,1-2H3;1H3. The maximum Gasteiger partial charge on any atom is 0.235 e. The molecule has 0 radical (unpaired) electrons. The van der Waals surface area contributed by atoms with Gasteiger partial charge in [-0.3, -0.25) is 4.39 Å². The number of ether oxygens (including phenoxy) is 5. The molecule has 0 N–H and O–H groups in total. The molecular formula is C32H63F5O5. The van der Waals surface area contributed by atoms with Gasteiger partial charge in [0.2, 0.25) is 11.7 Å². The van der Waals surface area contributed by atoms with Gasteiger partial charge in [-0.25, -0.2) is 17.6 Å². The van der Waals surface area contributed by atoms with Gasteiger partial charge < -0.3 is 23.7 Å². The van der Waals surface area contributed by atoms with Crippen LogP contribution in [0.3, 0.4) is 0 Å². The van der Waals surface area contributed by atoms with E-state index in [1.807, 2.05) is 69.2 Å². The zero-order chi connectivity index (χ0) is 34.2. The maximum atomic E-state index is 14.1. The van der Waals surface area contributed by atoms with Crippen molar-refractivity contribution in [2.24, 2.45) is 5.92 Å². The Balaban J connectivity index is 0. The van der Waals surface area contributed by atoms with Crippen molar-refractivity contribution in [3.05, 3.63) is 0 Å². The summed E-state index contributed by atoms with van der Waals surface area (Å²) in [5.41, 5.74) is -2.93. The number of alkyl halides is 5. The molecule has 0 aromatic rings. The van der Waals surface area contributed by atoms with Gasteiger partial charge in [-0.1, -0.05) is 13.8 Å². The molecule has 3 fully saturated rings. The predicted octanol–water partition coefficient (Wildman–Crippen LogP) is 9.79. The van der Waals surface area contributed by atoms with E-state index in [2.05, 4.69) is 0 Å². The molecule has 5 nitrogen and oxygen atoms in total. The minimum absolute atomic E-state index is 0.0752. The highest BCUT2D eigenvalue weighted by molar-refractivity contribution is 5.02. The Morgan fingerprint density at radius 3 is 1.31 bits per heavy atom. The lowest BCUT2D eigenvalue weighted by atomic mass is 9.83. The molecule has 0 aromatic carbocycles. The normalized spacial score (nSPS) is 32.8. The molecule has 3 heterocycles. The number of hydrogen-bond donors (Lipinski definition) is 0. The van der Waals surface area contributed by atoms with Crippen LogP contribution < -0.4 is 0 Å². The van der Waals surface area contributed by atoms with Gasteiger partial charge in [0.15, 0.2) is 5.79 Å². The lowest BCUT2D eigenvalue weighted by Gasteiger charge is -2.56. The van der Waals surface area contributed by atoms with Crippen LogP contribution in [0.4, 0.5) is 22.0 Å². The highest BCUT2D eigenvalue weighted by atomic mass is 19.2. The second-order valence-electron chi connectivity index (χ2n) is 14.2. The Bertz CT molecular complexity index is 715. The van der Waals surface area contributed by atoms with Crippen LogP contribution in [0.2, 0.25) is 0 Å². The predicted molar refractivity (Wildman–Crippen MR) is 160 cm³/mol. The first-order valence-corrected chi connectivity index (χ1v) is 15.0. The summed E-state index contributed by atoms with van der Waals surface area (Å²) < 4.78 is 88.0. The molecule has 256 valence electrons. The molecule has 3 aliphatic rings. The Kier molecular flexibility index (Phi) is 16.2. The minimum Gasteiger partial charge on any atom is -0.361 e. The van der Waals surface area contributed by atoms with Crippen molar-refractivity contribution in [3.8, 4) is 0 Å². The first kappa shape index (κ1) is 43.6. The zero-order valence-corrected chi connectivity index (χ0v) is 29.6. The summed E-state index contributed by atoms with van der Waals surface area (Å²) in [5, 5.41) is 0. The third kappa shape index (κ3) is 11.8. The molecule has 3 aliphatic heterocycles. The fraction of sp³-hybridized carbons (Fsp3) is 1.00. The quantitative estimate of drug-likeness (QED) is 0.287. The van der Waals surface area contributed by atoms with E-state index in [9.17, 15) is 22.0 Å². The van der Waals surface area contributed by atoms with Gasteiger partial charge in [-0.2, -0.15) is 0 Å². The van der Waals surface area contributed by atoms with E-state index in [4.69, 9.17) is 23.7 Å². The lowest BCUT2D eigenvalue weighted by Crippen LogP contribution is -2.67. The molecule has 0 bridgehead atoms. The molecule has 3 rings (SSSR count). The average molecular weight is 623 g/mol. The highest BCUT2D eigenvalue weighted by Crippen LogP contribution is 2.48. The van der Waals surface area contributed by atoms with Crippen molar-refractivity contribution in [1.29, 1.82) is 0 Å². The summed E-state index contributed by atoms with van der Waals surface area (Å²) in [4.78, 5) is 0. The van der Waals surface area contributed by atoms with Crippen molar-refractivity contribution in [2.75, 3.05) is 20.5 Å². The van der Waals surface area contributed by atoms with Crippen LogP contribution in [0, 0.1) is 5.92 Å². The number of hydrogen-bond acceptors (Lipinski definition) is 5. The van der Waals surface area contributed by atoms with Gasteiger partial charge in [0, 0.05) is 12.3 Å². The molecule has 0 aromatic heterocycles. The molecule has 42 heavy (non-hydrogen) atoms. The Labute approximate surface area is 253 Å². The smallest absolute Gasteiger partial charge is 0.235 e. The van der Waals surface area contributed by atoms with Crippen LogP contribution in [0.1, 0.15) is 130 Å². The Morgan fingerprint density at radius 2 is 1.05 bits per heavy atom. The summed E-state index contributed by atoms with van der Waals surface area (Å²) in [6.45, 7) is 28.4. The summed E-state index contributed by atoms with van der Waals surface area (Å²) >= 11 is 0. The molecule has 0 spiro atoms. The van der Waals surface area contributed by atoms with Gasteiger partial charge in [-0.05, 0) is 110 Å². The second kappa shape index (κ2) is 15.6. The molecule has 0 aliphatic carbocycles. The lowest BCUT2D eigenvalue weighted by molar-refractivity contribution is -0.396. The van der Waals surface area contributed by atoms with E-state index in [0.717, 1.165) is 12.8 Å². The van der Waals surface area contributed by atoms with Crippen LogP contribution in [0.15, 0.2) is 0 Å². The first-order valence-electron chi connectivity index (χ1n) is 15.0. The fourth-order valence-corrected chi connectivity index (χ4v) is 4.42.